The zero-order valence-electron chi connectivity index (χ0n) is 9.91. The van der Waals surface area contributed by atoms with Gasteiger partial charge in [0.25, 0.3) is 0 Å². The van der Waals surface area contributed by atoms with Crippen molar-refractivity contribution in [3.05, 3.63) is 30.1 Å². The van der Waals surface area contributed by atoms with Gasteiger partial charge >= 0.3 is 0 Å². The Morgan fingerprint density at radius 1 is 1.47 bits per heavy atom. The van der Waals surface area contributed by atoms with Crippen molar-refractivity contribution in [3.8, 4) is 0 Å². The first kappa shape index (κ1) is 11.6. The molecule has 0 saturated heterocycles. The van der Waals surface area contributed by atoms with E-state index >= 15 is 0 Å². The molecule has 0 aromatic carbocycles. The molecule has 2 aromatic rings. The molecule has 0 aliphatic carbocycles. The van der Waals surface area contributed by atoms with Crippen LogP contribution in [0.1, 0.15) is 24.5 Å². The summed E-state index contributed by atoms with van der Waals surface area (Å²) in [5, 5.41) is 15.3. The minimum atomic E-state index is 0.0900. The molecule has 2 aromatic heterocycles. The topological polar surface area (TPSA) is 81.4 Å². The van der Waals surface area contributed by atoms with Crippen molar-refractivity contribution in [2.45, 2.75) is 19.4 Å². The lowest BCUT2D eigenvalue weighted by atomic mass is 10.1. The van der Waals surface area contributed by atoms with Crippen molar-refractivity contribution < 1.29 is 0 Å². The highest BCUT2D eigenvalue weighted by Crippen LogP contribution is 2.12. The Balaban J connectivity index is 2.13. The molecule has 0 fully saturated rings. The third-order valence-corrected chi connectivity index (χ3v) is 2.35. The van der Waals surface area contributed by atoms with Crippen molar-refractivity contribution >= 4 is 0 Å². The second-order valence-electron chi connectivity index (χ2n) is 3.64. The summed E-state index contributed by atoms with van der Waals surface area (Å²) in [7, 11) is 1.75. The van der Waals surface area contributed by atoms with Crippen molar-refractivity contribution in [1.29, 1.82) is 0 Å². The first-order valence-electron chi connectivity index (χ1n) is 5.51. The van der Waals surface area contributed by atoms with Crippen LogP contribution in [0.5, 0.6) is 0 Å². The van der Waals surface area contributed by atoms with Crippen molar-refractivity contribution in [1.82, 2.24) is 35.5 Å². The summed E-state index contributed by atoms with van der Waals surface area (Å²) >= 11 is 0. The zero-order chi connectivity index (χ0) is 12.1. The van der Waals surface area contributed by atoms with Crippen LogP contribution in [0.25, 0.3) is 0 Å². The predicted octanol–water partition coefficient (Wildman–Crippen LogP) is -0.107. The molecule has 0 amide bonds. The largest absolute Gasteiger partial charge is 0.309 e. The van der Waals surface area contributed by atoms with E-state index in [2.05, 4.69) is 37.6 Å². The molecule has 0 aliphatic heterocycles. The number of nitrogens with zero attached hydrogens (tertiary/aromatic N) is 6. The van der Waals surface area contributed by atoms with E-state index in [1.165, 1.54) is 4.80 Å². The smallest absolute Gasteiger partial charge is 0.176 e. The highest BCUT2D eigenvalue weighted by molar-refractivity contribution is 5.07. The molecule has 90 valence electrons. The standard InChI is InChI=1S/C10H15N7/c1-3-12-9(8-4-5-11-7-13-8)6-10-14-16-17(2)15-10/h4-5,7,9,12H,3,6H2,1-2H3. The van der Waals surface area contributed by atoms with Crippen LogP contribution in [0.3, 0.4) is 0 Å². The van der Waals surface area contributed by atoms with E-state index in [0.717, 1.165) is 12.2 Å². The van der Waals surface area contributed by atoms with Crippen LogP contribution >= 0.6 is 0 Å². The van der Waals surface area contributed by atoms with E-state index in [-0.39, 0.29) is 6.04 Å². The van der Waals surface area contributed by atoms with Crippen LogP contribution in [0, 0.1) is 0 Å². The Morgan fingerprint density at radius 2 is 2.35 bits per heavy atom. The van der Waals surface area contributed by atoms with Gasteiger partial charge in [0.1, 0.15) is 6.33 Å². The summed E-state index contributed by atoms with van der Waals surface area (Å²) in [5.74, 6) is 0.706. The van der Waals surface area contributed by atoms with Crippen LogP contribution in [-0.4, -0.2) is 36.7 Å². The minimum Gasteiger partial charge on any atom is -0.309 e. The Bertz CT molecular complexity index is 453. The molecule has 1 unspecified atom stereocenters. The summed E-state index contributed by atoms with van der Waals surface area (Å²) in [6.45, 7) is 2.91. The Hall–Kier alpha value is -1.89. The highest BCUT2D eigenvalue weighted by atomic mass is 15.6. The SMILES string of the molecule is CCNC(Cc1nnn(C)n1)c1ccncn1. The molecule has 1 N–H and O–H groups in total. The molecule has 2 rings (SSSR count). The molecule has 7 heteroatoms. The second kappa shape index (κ2) is 5.44. The molecular weight excluding hydrogens is 218 g/mol. The van der Waals surface area contributed by atoms with Gasteiger partial charge in [0.2, 0.25) is 0 Å². The average Bonchev–Trinajstić information content (AvgIpc) is 2.75. The third-order valence-electron chi connectivity index (χ3n) is 2.35. The lowest BCUT2D eigenvalue weighted by molar-refractivity contribution is 0.521. The molecule has 1 atom stereocenters. The Kier molecular flexibility index (Phi) is 3.71. The maximum Gasteiger partial charge on any atom is 0.176 e. The zero-order valence-corrected chi connectivity index (χ0v) is 9.91. The van der Waals surface area contributed by atoms with E-state index in [0.29, 0.717) is 12.2 Å². The number of likely N-dealkylation sites (N-methyl/N-ethyl adjacent to an activating group) is 1. The first-order chi connectivity index (χ1) is 8.29. The van der Waals surface area contributed by atoms with E-state index < -0.39 is 0 Å². The molecule has 2 heterocycles. The highest BCUT2D eigenvalue weighted by Gasteiger charge is 2.15. The van der Waals surface area contributed by atoms with Gasteiger partial charge in [-0.15, -0.1) is 10.2 Å². The molecule has 17 heavy (non-hydrogen) atoms. The number of hydrogen-bond donors (Lipinski definition) is 1. The van der Waals surface area contributed by atoms with Gasteiger partial charge in [0.05, 0.1) is 18.8 Å². The first-order valence-corrected chi connectivity index (χ1v) is 5.51. The average molecular weight is 233 g/mol. The fourth-order valence-electron chi connectivity index (χ4n) is 1.62. The van der Waals surface area contributed by atoms with Crippen molar-refractivity contribution in [3.63, 3.8) is 0 Å². The summed E-state index contributed by atoms with van der Waals surface area (Å²) in [6, 6.07) is 1.98. The van der Waals surface area contributed by atoms with Crippen LogP contribution in [0.2, 0.25) is 0 Å². The van der Waals surface area contributed by atoms with Gasteiger partial charge < -0.3 is 5.32 Å². The van der Waals surface area contributed by atoms with Crippen molar-refractivity contribution in [2.24, 2.45) is 7.05 Å². The van der Waals surface area contributed by atoms with Crippen molar-refractivity contribution in [2.75, 3.05) is 6.54 Å². The number of hydrogen-bond acceptors (Lipinski definition) is 6. The number of nitrogens with one attached hydrogen (secondary N) is 1. The van der Waals surface area contributed by atoms with E-state index in [9.17, 15) is 0 Å². The number of aromatic nitrogens is 6. The third kappa shape index (κ3) is 3.04. The van der Waals surface area contributed by atoms with Gasteiger partial charge in [0, 0.05) is 12.6 Å². The molecule has 7 nitrogen and oxygen atoms in total. The number of aryl methyl sites for hydroxylation is 1. The van der Waals surface area contributed by atoms with Gasteiger partial charge in [-0.05, 0) is 17.8 Å². The summed E-state index contributed by atoms with van der Waals surface area (Å²) in [4.78, 5) is 9.61. The quantitative estimate of drug-likeness (QED) is 0.776. The van der Waals surface area contributed by atoms with Gasteiger partial charge in [-0.3, -0.25) is 0 Å². The monoisotopic (exact) mass is 233 g/mol. The lowest BCUT2D eigenvalue weighted by Crippen LogP contribution is -2.24. The molecule has 0 radical (unpaired) electrons. The fourth-order valence-corrected chi connectivity index (χ4v) is 1.62. The predicted molar refractivity (Wildman–Crippen MR) is 61.0 cm³/mol. The van der Waals surface area contributed by atoms with Crippen LogP contribution < -0.4 is 5.32 Å². The fraction of sp³-hybridized carbons (Fsp3) is 0.500. The second-order valence-corrected chi connectivity index (χ2v) is 3.64. The van der Waals surface area contributed by atoms with Crippen LogP contribution in [0.4, 0.5) is 0 Å². The summed E-state index contributed by atoms with van der Waals surface area (Å²) < 4.78 is 0. The Labute approximate surface area is 99.3 Å². The molecular formula is C10H15N7. The van der Waals surface area contributed by atoms with Crippen LogP contribution in [-0.2, 0) is 13.5 Å². The van der Waals surface area contributed by atoms with Gasteiger partial charge in [-0.2, -0.15) is 4.80 Å². The van der Waals surface area contributed by atoms with E-state index in [1.54, 1.807) is 19.6 Å². The number of tetrazole rings is 1. The molecule has 0 spiro atoms. The minimum absolute atomic E-state index is 0.0900. The van der Waals surface area contributed by atoms with E-state index in [1.807, 2.05) is 6.07 Å². The van der Waals surface area contributed by atoms with Gasteiger partial charge in [-0.1, -0.05) is 6.92 Å². The maximum absolute atomic E-state index is 4.24. The van der Waals surface area contributed by atoms with Gasteiger partial charge in [0.15, 0.2) is 5.82 Å². The number of rotatable bonds is 5. The summed E-state index contributed by atoms with van der Waals surface area (Å²) in [5.41, 5.74) is 0.939. The normalized spacial score (nSPS) is 12.6. The van der Waals surface area contributed by atoms with E-state index in [4.69, 9.17) is 0 Å². The molecule has 0 bridgehead atoms. The maximum atomic E-state index is 4.24. The molecule has 0 aliphatic rings. The molecule has 0 saturated carbocycles. The Morgan fingerprint density at radius 3 is 2.94 bits per heavy atom. The lowest BCUT2D eigenvalue weighted by Gasteiger charge is -2.14. The van der Waals surface area contributed by atoms with Gasteiger partial charge in [-0.25, -0.2) is 9.97 Å². The van der Waals surface area contributed by atoms with Crippen LogP contribution in [0.15, 0.2) is 18.6 Å². The summed E-state index contributed by atoms with van der Waals surface area (Å²) in [6.07, 6.45) is 3.94.